The SMILES string of the molecule is Clc1ccc(-c2nc(C3COCCN3)no2)cc1Br. The van der Waals surface area contributed by atoms with Crippen LogP contribution in [0.1, 0.15) is 11.9 Å². The van der Waals surface area contributed by atoms with Crippen LogP contribution in [0, 0.1) is 0 Å². The van der Waals surface area contributed by atoms with E-state index in [1.807, 2.05) is 12.1 Å². The Labute approximate surface area is 123 Å². The van der Waals surface area contributed by atoms with Crippen molar-refractivity contribution >= 4 is 27.5 Å². The molecule has 3 rings (SSSR count). The Morgan fingerprint density at radius 1 is 1.42 bits per heavy atom. The topological polar surface area (TPSA) is 60.2 Å². The third kappa shape index (κ3) is 2.81. The van der Waals surface area contributed by atoms with Crippen molar-refractivity contribution in [2.45, 2.75) is 6.04 Å². The second-order valence-electron chi connectivity index (χ2n) is 4.17. The molecule has 0 bridgehead atoms. The second kappa shape index (κ2) is 5.58. The van der Waals surface area contributed by atoms with Crippen molar-refractivity contribution in [2.75, 3.05) is 19.8 Å². The number of hydrogen-bond acceptors (Lipinski definition) is 5. The van der Waals surface area contributed by atoms with Crippen LogP contribution in [0.5, 0.6) is 0 Å². The molecule has 1 N–H and O–H groups in total. The van der Waals surface area contributed by atoms with Gasteiger partial charge in [-0.15, -0.1) is 0 Å². The van der Waals surface area contributed by atoms with Crippen LogP contribution in [0.15, 0.2) is 27.2 Å². The lowest BCUT2D eigenvalue weighted by Gasteiger charge is -2.20. The first kappa shape index (κ1) is 13.1. The van der Waals surface area contributed by atoms with Gasteiger partial charge in [0, 0.05) is 16.6 Å². The highest BCUT2D eigenvalue weighted by Crippen LogP contribution is 2.28. The molecule has 0 spiro atoms. The smallest absolute Gasteiger partial charge is 0.258 e. The van der Waals surface area contributed by atoms with Crippen molar-refractivity contribution in [3.05, 3.63) is 33.5 Å². The van der Waals surface area contributed by atoms with Crippen LogP contribution >= 0.6 is 27.5 Å². The molecule has 1 aromatic heterocycles. The van der Waals surface area contributed by atoms with Gasteiger partial charge in [0.1, 0.15) is 0 Å². The Hall–Kier alpha value is -0.950. The predicted molar refractivity (Wildman–Crippen MR) is 74.0 cm³/mol. The third-order valence-corrected chi connectivity index (χ3v) is 4.06. The molecular weight excluding hydrogens is 334 g/mol. The predicted octanol–water partition coefficient (Wildman–Crippen LogP) is 2.81. The fourth-order valence-corrected chi connectivity index (χ4v) is 2.35. The first-order chi connectivity index (χ1) is 9.24. The summed E-state index contributed by atoms with van der Waals surface area (Å²) in [5.74, 6) is 1.08. The minimum atomic E-state index is -0.0120. The Bertz CT molecular complexity index is 584. The summed E-state index contributed by atoms with van der Waals surface area (Å²) in [7, 11) is 0. The van der Waals surface area contributed by atoms with E-state index < -0.39 is 0 Å². The van der Waals surface area contributed by atoms with E-state index in [4.69, 9.17) is 20.9 Å². The van der Waals surface area contributed by atoms with E-state index in [9.17, 15) is 0 Å². The van der Waals surface area contributed by atoms with E-state index in [2.05, 4.69) is 31.4 Å². The fraction of sp³-hybridized carbons (Fsp3) is 0.333. The number of morpholine rings is 1. The maximum atomic E-state index is 5.96. The lowest BCUT2D eigenvalue weighted by atomic mass is 10.2. The highest BCUT2D eigenvalue weighted by molar-refractivity contribution is 9.10. The van der Waals surface area contributed by atoms with Gasteiger partial charge >= 0.3 is 0 Å². The number of ether oxygens (including phenoxy) is 1. The molecule has 0 radical (unpaired) electrons. The Balaban J connectivity index is 1.85. The molecule has 1 saturated heterocycles. The number of halogens is 2. The van der Waals surface area contributed by atoms with Crippen molar-refractivity contribution < 1.29 is 9.26 Å². The van der Waals surface area contributed by atoms with E-state index in [-0.39, 0.29) is 6.04 Å². The summed E-state index contributed by atoms with van der Waals surface area (Å²) in [5.41, 5.74) is 0.826. The van der Waals surface area contributed by atoms with Crippen molar-refractivity contribution in [3.8, 4) is 11.5 Å². The molecule has 100 valence electrons. The zero-order valence-electron chi connectivity index (χ0n) is 9.90. The highest BCUT2D eigenvalue weighted by atomic mass is 79.9. The standard InChI is InChI=1S/C12H11BrClN3O2/c13-8-5-7(1-2-9(8)14)12-16-11(17-19-12)10-6-18-4-3-15-10/h1-2,5,10,15H,3-4,6H2. The average Bonchev–Trinajstić information content (AvgIpc) is 2.93. The van der Waals surface area contributed by atoms with Crippen LogP contribution in [0.3, 0.4) is 0 Å². The summed E-state index contributed by atoms with van der Waals surface area (Å²) >= 11 is 9.33. The second-order valence-corrected chi connectivity index (χ2v) is 5.43. The van der Waals surface area contributed by atoms with Gasteiger partial charge in [-0.05, 0) is 34.1 Å². The van der Waals surface area contributed by atoms with Crippen LogP contribution in [0.4, 0.5) is 0 Å². The molecule has 1 unspecified atom stereocenters. The maximum absolute atomic E-state index is 5.96. The quantitative estimate of drug-likeness (QED) is 0.908. The lowest BCUT2D eigenvalue weighted by molar-refractivity contribution is 0.0734. The molecule has 7 heteroatoms. The van der Waals surface area contributed by atoms with Crippen LogP contribution in [0.25, 0.3) is 11.5 Å². The molecule has 2 aromatic rings. The summed E-state index contributed by atoms with van der Waals surface area (Å²) in [6.45, 7) is 2.07. The van der Waals surface area contributed by atoms with Gasteiger partial charge in [-0.25, -0.2) is 0 Å². The number of aromatic nitrogens is 2. The Morgan fingerprint density at radius 3 is 3.05 bits per heavy atom. The fourth-order valence-electron chi connectivity index (χ4n) is 1.85. The lowest BCUT2D eigenvalue weighted by Crippen LogP contribution is -2.35. The first-order valence-electron chi connectivity index (χ1n) is 5.84. The molecule has 1 aliphatic heterocycles. The molecule has 1 aromatic carbocycles. The molecule has 1 aliphatic rings. The Kier molecular flexibility index (Phi) is 3.83. The molecule has 2 heterocycles. The van der Waals surface area contributed by atoms with Gasteiger partial charge in [0.05, 0.1) is 24.3 Å². The van der Waals surface area contributed by atoms with Gasteiger partial charge in [0.15, 0.2) is 5.82 Å². The number of nitrogens with zero attached hydrogens (tertiary/aromatic N) is 2. The van der Waals surface area contributed by atoms with E-state index >= 15 is 0 Å². The molecule has 0 aliphatic carbocycles. The van der Waals surface area contributed by atoms with Crippen molar-refractivity contribution in [2.24, 2.45) is 0 Å². The van der Waals surface area contributed by atoms with Crippen LogP contribution in [-0.4, -0.2) is 29.9 Å². The molecular formula is C12H11BrClN3O2. The minimum absolute atomic E-state index is 0.0120. The summed E-state index contributed by atoms with van der Waals surface area (Å²) < 4.78 is 11.5. The van der Waals surface area contributed by atoms with Crippen LogP contribution in [-0.2, 0) is 4.74 Å². The molecule has 19 heavy (non-hydrogen) atoms. The van der Waals surface area contributed by atoms with Crippen molar-refractivity contribution in [3.63, 3.8) is 0 Å². The molecule has 1 atom stereocenters. The molecule has 0 saturated carbocycles. The number of benzene rings is 1. The van der Waals surface area contributed by atoms with Gasteiger partial charge < -0.3 is 14.6 Å². The maximum Gasteiger partial charge on any atom is 0.258 e. The largest absolute Gasteiger partial charge is 0.378 e. The first-order valence-corrected chi connectivity index (χ1v) is 7.01. The minimum Gasteiger partial charge on any atom is -0.378 e. The monoisotopic (exact) mass is 343 g/mol. The van der Waals surface area contributed by atoms with E-state index in [0.29, 0.717) is 30.0 Å². The van der Waals surface area contributed by atoms with Gasteiger partial charge in [0.25, 0.3) is 5.89 Å². The third-order valence-electron chi connectivity index (χ3n) is 2.84. The van der Waals surface area contributed by atoms with Gasteiger partial charge in [-0.3, -0.25) is 0 Å². The average molecular weight is 345 g/mol. The summed E-state index contributed by atoms with van der Waals surface area (Å²) in [6.07, 6.45) is 0. The zero-order valence-corrected chi connectivity index (χ0v) is 12.2. The summed E-state index contributed by atoms with van der Waals surface area (Å²) in [5, 5.41) is 7.92. The normalized spacial score (nSPS) is 19.6. The van der Waals surface area contributed by atoms with Crippen LogP contribution in [0.2, 0.25) is 5.02 Å². The van der Waals surface area contributed by atoms with Gasteiger partial charge in [0.2, 0.25) is 0 Å². The van der Waals surface area contributed by atoms with Gasteiger partial charge in [-0.2, -0.15) is 4.98 Å². The van der Waals surface area contributed by atoms with Gasteiger partial charge in [-0.1, -0.05) is 16.8 Å². The molecule has 5 nitrogen and oxygen atoms in total. The molecule has 0 amide bonds. The summed E-state index contributed by atoms with van der Waals surface area (Å²) in [4.78, 5) is 4.39. The van der Waals surface area contributed by atoms with E-state index in [1.54, 1.807) is 6.07 Å². The Morgan fingerprint density at radius 2 is 2.32 bits per heavy atom. The highest BCUT2D eigenvalue weighted by Gasteiger charge is 2.21. The number of nitrogens with one attached hydrogen (secondary N) is 1. The zero-order chi connectivity index (χ0) is 13.2. The molecule has 1 fully saturated rings. The van der Waals surface area contributed by atoms with Crippen molar-refractivity contribution in [1.29, 1.82) is 0 Å². The number of rotatable bonds is 2. The number of hydrogen-bond donors (Lipinski definition) is 1. The van der Waals surface area contributed by atoms with E-state index in [1.165, 1.54) is 0 Å². The van der Waals surface area contributed by atoms with Crippen molar-refractivity contribution in [1.82, 2.24) is 15.5 Å². The van der Waals surface area contributed by atoms with E-state index in [0.717, 1.165) is 16.6 Å². The summed E-state index contributed by atoms with van der Waals surface area (Å²) in [6, 6.07) is 5.47. The van der Waals surface area contributed by atoms with Crippen LogP contribution < -0.4 is 5.32 Å².